The fourth-order valence-corrected chi connectivity index (χ4v) is 4.05. The number of hydrogen-bond acceptors (Lipinski definition) is 4. The van der Waals surface area contributed by atoms with Crippen molar-refractivity contribution in [2.75, 3.05) is 31.6 Å². The molecule has 1 heterocycles. The molecule has 1 N–H and O–H groups in total. The highest BCUT2D eigenvalue weighted by Crippen LogP contribution is 2.39. The van der Waals surface area contributed by atoms with Crippen molar-refractivity contribution in [2.24, 2.45) is 11.8 Å². The molecule has 0 amide bonds. The number of hydrogen-bond donors (Lipinski definition) is 1. The van der Waals surface area contributed by atoms with Crippen LogP contribution in [-0.4, -0.2) is 57.0 Å². The predicted molar refractivity (Wildman–Crippen MR) is 76.9 cm³/mol. The molecule has 2 saturated carbocycles. The van der Waals surface area contributed by atoms with Gasteiger partial charge in [-0.25, -0.2) is 8.42 Å². The molecular formula is C14H26N2O2S. The molecule has 3 aliphatic rings. The molecular weight excluding hydrogens is 260 g/mol. The standard InChI is InChI=1S/C14H26N2O2S/c1-19(17,18)8-2-7-16-10-13(11-3-4-11)15-9-14(16)12-5-6-12/h11-15H,2-10H2,1H3. The van der Waals surface area contributed by atoms with Crippen molar-refractivity contribution >= 4 is 9.84 Å². The summed E-state index contributed by atoms with van der Waals surface area (Å²) in [6.45, 7) is 3.21. The highest BCUT2D eigenvalue weighted by atomic mass is 32.2. The number of piperazine rings is 1. The summed E-state index contributed by atoms with van der Waals surface area (Å²) in [7, 11) is -2.81. The first-order valence-electron chi connectivity index (χ1n) is 7.68. The van der Waals surface area contributed by atoms with Gasteiger partial charge in [0.05, 0.1) is 5.75 Å². The second-order valence-corrected chi connectivity index (χ2v) is 9.00. The number of rotatable bonds is 6. The molecule has 0 bridgehead atoms. The van der Waals surface area contributed by atoms with Crippen LogP contribution in [0.3, 0.4) is 0 Å². The van der Waals surface area contributed by atoms with Crippen LogP contribution < -0.4 is 5.32 Å². The lowest BCUT2D eigenvalue weighted by Gasteiger charge is -2.41. The van der Waals surface area contributed by atoms with E-state index in [9.17, 15) is 8.42 Å². The Kier molecular flexibility index (Phi) is 3.89. The molecule has 0 spiro atoms. The van der Waals surface area contributed by atoms with E-state index in [1.54, 1.807) is 0 Å². The molecule has 3 rings (SSSR count). The van der Waals surface area contributed by atoms with E-state index in [4.69, 9.17) is 0 Å². The summed E-state index contributed by atoms with van der Waals surface area (Å²) < 4.78 is 22.5. The minimum atomic E-state index is -2.81. The van der Waals surface area contributed by atoms with Gasteiger partial charge in [0.25, 0.3) is 0 Å². The maximum absolute atomic E-state index is 11.3. The number of sulfone groups is 1. The zero-order chi connectivity index (χ0) is 13.5. The Bertz CT molecular complexity index is 415. The fourth-order valence-electron chi connectivity index (χ4n) is 3.40. The van der Waals surface area contributed by atoms with Crippen LogP contribution in [0.4, 0.5) is 0 Å². The average molecular weight is 286 g/mol. The predicted octanol–water partition coefficient (Wildman–Crippen LogP) is 0.884. The largest absolute Gasteiger partial charge is 0.311 e. The molecule has 0 aromatic carbocycles. The smallest absolute Gasteiger partial charge is 0.147 e. The Morgan fingerprint density at radius 1 is 1.16 bits per heavy atom. The first-order valence-corrected chi connectivity index (χ1v) is 9.74. The van der Waals surface area contributed by atoms with Crippen molar-refractivity contribution in [2.45, 2.75) is 44.2 Å². The van der Waals surface area contributed by atoms with E-state index in [1.807, 2.05) is 0 Å². The quantitative estimate of drug-likeness (QED) is 0.787. The van der Waals surface area contributed by atoms with Crippen LogP contribution >= 0.6 is 0 Å². The lowest BCUT2D eigenvalue weighted by Crippen LogP contribution is -2.58. The molecule has 3 fully saturated rings. The first-order chi connectivity index (χ1) is 9.03. The van der Waals surface area contributed by atoms with E-state index in [-0.39, 0.29) is 0 Å². The van der Waals surface area contributed by atoms with Crippen molar-refractivity contribution in [3.05, 3.63) is 0 Å². The highest BCUT2D eigenvalue weighted by molar-refractivity contribution is 7.90. The normalized spacial score (nSPS) is 33.5. The summed E-state index contributed by atoms with van der Waals surface area (Å²) in [5.74, 6) is 2.09. The van der Waals surface area contributed by atoms with E-state index in [0.717, 1.165) is 37.9 Å². The summed E-state index contributed by atoms with van der Waals surface area (Å²) in [6, 6.07) is 1.32. The third-order valence-corrected chi connectivity index (χ3v) is 5.84. The van der Waals surface area contributed by atoms with Gasteiger partial charge in [-0.2, -0.15) is 0 Å². The lowest BCUT2D eigenvalue weighted by molar-refractivity contribution is 0.108. The number of nitrogens with zero attached hydrogens (tertiary/aromatic N) is 1. The molecule has 2 atom stereocenters. The van der Waals surface area contributed by atoms with Gasteiger partial charge in [-0.1, -0.05) is 0 Å². The van der Waals surface area contributed by atoms with Crippen LogP contribution in [0, 0.1) is 11.8 Å². The highest BCUT2D eigenvalue weighted by Gasteiger charge is 2.42. The van der Waals surface area contributed by atoms with Gasteiger partial charge in [-0.05, 0) is 50.5 Å². The van der Waals surface area contributed by atoms with Crippen LogP contribution in [0.25, 0.3) is 0 Å². The van der Waals surface area contributed by atoms with Gasteiger partial charge in [0, 0.05) is 31.4 Å². The van der Waals surface area contributed by atoms with E-state index in [1.165, 1.54) is 31.9 Å². The summed E-state index contributed by atoms with van der Waals surface area (Å²) >= 11 is 0. The summed E-state index contributed by atoms with van der Waals surface area (Å²) in [5, 5.41) is 3.73. The van der Waals surface area contributed by atoms with Crippen molar-refractivity contribution in [1.82, 2.24) is 10.2 Å². The third-order valence-electron chi connectivity index (χ3n) is 4.81. The van der Waals surface area contributed by atoms with Crippen LogP contribution in [0.2, 0.25) is 0 Å². The van der Waals surface area contributed by atoms with Crippen LogP contribution in [0.15, 0.2) is 0 Å². The molecule has 2 aliphatic carbocycles. The van der Waals surface area contributed by atoms with Gasteiger partial charge in [-0.3, -0.25) is 4.90 Å². The van der Waals surface area contributed by atoms with E-state index in [0.29, 0.717) is 17.8 Å². The van der Waals surface area contributed by atoms with Crippen LogP contribution in [0.5, 0.6) is 0 Å². The SMILES string of the molecule is CS(=O)(=O)CCCN1CC(C2CC2)NCC1C1CC1. The molecule has 19 heavy (non-hydrogen) atoms. The molecule has 0 radical (unpaired) electrons. The number of nitrogens with one attached hydrogen (secondary N) is 1. The van der Waals surface area contributed by atoms with E-state index >= 15 is 0 Å². The van der Waals surface area contributed by atoms with Crippen molar-refractivity contribution in [1.29, 1.82) is 0 Å². The summed E-state index contributed by atoms with van der Waals surface area (Å²) in [6.07, 6.45) is 7.62. The molecule has 5 heteroatoms. The Balaban J connectivity index is 1.53. The van der Waals surface area contributed by atoms with Crippen molar-refractivity contribution < 1.29 is 8.42 Å². The van der Waals surface area contributed by atoms with Gasteiger partial charge in [-0.15, -0.1) is 0 Å². The molecule has 0 aromatic rings. The summed E-state index contributed by atoms with van der Waals surface area (Å²) in [5.41, 5.74) is 0. The summed E-state index contributed by atoms with van der Waals surface area (Å²) in [4.78, 5) is 2.59. The molecule has 110 valence electrons. The Morgan fingerprint density at radius 3 is 2.42 bits per heavy atom. The Labute approximate surface area is 116 Å². The van der Waals surface area contributed by atoms with E-state index < -0.39 is 9.84 Å². The topological polar surface area (TPSA) is 49.4 Å². The monoisotopic (exact) mass is 286 g/mol. The van der Waals surface area contributed by atoms with E-state index in [2.05, 4.69) is 10.2 Å². The van der Waals surface area contributed by atoms with Gasteiger partial charge in [0.2, 0.25) is 0 Å². The van der Waals surface area contributed by atoms with Crippen LogP contribution in [0.1, 0.15) is 32.1 Å². The fraction of sp³-hybridized carbons (Fsp3) is 1.00. The second kappa shape index (κ2) is 5.34. The van der Waals surface area contributed by atoms with Crippen molar-refractivity contribution in [3.8, 4) is 0 Å². The first kappa shape index (κ1) is 13.8. The average Bonchev–Trinajstić information content (AvgIpc) is 3.19. The van der Waals surface area contributed by atoms with Gasteiger partial charge in [0.1, 0.15) is 9.84 Å². The molecule has 0 aromatic heterocycles. The van der Waals surface area contributed by atoms with Crippen molar-refractivity contribution in [3.63, 3.8) is 0 Å². The lowest BCUT2D eigenvalue weighted by atomic mass is 10.0. The zero-order valence-electron chi connectivity index (χ0n) is 11.8. The third kappa shape index (κ3) is 3.92. The maximum atomic E-state index is 11.3. The van der Waals surface area contributed by atoms with Crippen LogP contribution in [-0.2, 0) is 9.84 Å². The second-order valence-electron chi connectivity index (χ2n) is 6.74. The van der Waals surface area contributed by atoms with Gasteiger partial charge in [0.15, 0.2) is 0 Å². The zero-order valence-corrected chi connectivity index (χ0v) is 12.7. The Morgan fingerprint density at radius 2 is 1.84 bits per heavy atom. The maximum Gasteiger partial charge on any atom is 0.147 e. The molecule has 4 nitrogen and oxygen atoms in total. The molecule has 2 unspecified atom stereocenters. The van der Waals surface area contributed by atoms with Gasteiger partial charge >= 0.3 is 0 Å². The minimum Gasteiger partial charge on any atom is -0.311 e. The molecule has 1 aliphatic heterocycles. The Hall–Kier alpha value is -0.130. The minimum absolute atomic E-state index is 0.336. The van der Waals surface area contributed by atoms with Gasteiger partial charge < -0.3 is 5.32 Å². The molecule has 1 saturated heterocycles.